The Labute approximate surface area is 134 Å². The molecule has 0 bridgehead atoms. The number of aromatic nitrogens is 1. The molecule has 0 aliphatic rings. The highest BCUT2D eigenvalue weighted by atomic mass is 79.9. The quantitative estimate of drug-likeness (QED) is 0.794. The fourth-order valence-corrected chi connectivity index (χ4v) is 3.54. The van der Waals surface area contributed by atoms with Crippen molar-refractivity contribution in [3.05, 3.63) is 45.5 Å². The molecule has 0 atom stereocenters. The van der Waals surface area contributed by atoms with Crippen LogP contribution in [0.2, 0.25) is 0 Å². The molecule has 0 saturated heterocycles. The predicted octanol–water partition coefficient (Wildman–Crippen LogP) is 3.45. The van der Waals surface area contributed by atoms with Gasteiger partial charge in [-0.2, -0.15) is 0 Å². The molecule has 0 fully saturated rings. The summed E-state index contributed by atoms with van der Waals surface area (Å²) in [6.45, 7) is 0. The van der Waals surface area contributed by atoms with Crippen LogP contribution < -0.4 is 10.0 Å². The van der Waals surface area contributed by atoms with Crippen LogP contribution >= 0.6 is 31.9 Å². The monoisotopic (exact) mass is 419 g/mol. The third-order valence-electron chi connectivity index (χ3n) is 2.44. The first-order valence-corrected chi connectivity index (χ1v) is 8.61. The molecule has 0 aliphatic heterocycles. The van der Waals surface area contributed by atoms with Crippen LogP contribution in [0.4, 0.5) is 11.5 Å². The Kier molecular flexibility index (Phi) is 4.66. The zero-order valence-electron chi connectivity index (χ0n) is 10.4. The van der Waals surface area contributed by atoms with Gasteiger partial charge >= 0.3 is 0 Å². The second-order valence-electron chi connectivity index (χ2n) is 3.86. The van der Waals surface area contributed by atoms with Crippen molar-refractivity contribution in [1.29, 1.82) is 0 Å². The van der Waals surface area contributed by atoms with Gasteiger partial charge in [0.15, 0.2) is 0 Å². The van der Waals surface area contributed by atoms with Gasteiger partial charge in [0.1, 0.15) is 10.7 Å². The minimum Gasteiger partial charge on any atom is -0.372 e. The van der Waals surface area contributed by atoms with Gasteiger partial charge < -0.3 is 5.32 Å². The molecule has 0 spiro atoms. The van der Waals surface area contributed by atoms with Crippen LogP contribution in [0.1, 0.15) is 0 Å². The van der Waals surface area contributed by atoms with Crippen molar-refractivity contribution in [2.45, 2.75) is 4.90 Å². The first kappa shape index (κ1) is 15.3. The highest BCUT2D eigenvalue weighted by Crippen LogP contribution is 2.25. The first-order valence-electron chi connectivity index (χ1n) is 5.54. The summed E-state index contributed by atoms with van der Waals surface area (Å²) in [5, 5.41) is 2.77. The van der Waals surface area contributed by atoms with E-state index in [0.29, 0.717) is 10.2 Å². The Balaban J connectivity index is 2.40. The first-order chi connectivity index (χ1) is 9.42. The van der Waals surface area contributed by atoms with Crippen LogP contribution in [-0.2, 0) is 10.0 Å². The lowest BCUT2D eigenvalue weighted by Crippen LogP contribution is -2.15. The average Bonchev–Trinajstić information content (AvgIpc) is 2.41. The molecule has 1 heterocycles. The van der Waals surface area contributed by atoms with Crippen molar-refractivity contribution in [3.8, 4) is 0 Å². The number of nitrogens with zero attached hydrogens (tertiary/aromatic N) is 1. The molecule has 20 heavy (non-hydrogen) atoms. The predicted molar refractivity (Wildman–Crippen MR) is 86.4 cm³/mol. The molecular formula is C12H11Br2N3O2S. The van der Waals surface area contributed by atoms with Crippen LogP contribution in [0.3, 0.4) is 0 Å². The van der Waals surface area contributed by atoms with E-state index < -0.39 is 10.0 Å². The zero-order chi connectivity index (χ0) is 14.8. The fraction of sp³-hybridized carbons (Fsp3) is 0.0833. The Morgan fingerprint density at radius 3 is 2.35 bits per heavy atom. The van der Waals surface area contributed by atoms with Gasteiger partial charge in [-0.15, -0.1) is 0 Å². The molecule has 1 aromatic heterocycles. The lowest BCUT2D eigenvalue weighted by molar-refractivity contribution is 0.601. The van der Waals surface area contributed by atoms with Gasteiger partial charge in [-0.3, -0.25) is 4.72 Å². The number of hydrogen-bond acceptors (Lipinski definition) is 4. The Morgan fingerprint density at radius 2 is 1.75 bits per heavy atom. The second kappa shape index (κ2) is 6.11. The van der Waals surface area contributed by atoms with Crippen molar-refractivity contribution in [2.24, 2.45) is 0 Å². The third kappa shape index (κ3) is 3.50. The van der Waals surface area contributed by atoms with E-state index in [4.69, 9.17) is 0 Å². The molecule has 106 valence electrons. The molecule has 5 nitrogen and oxygen atoms in total. The van der Waals surface area contributed by atoms with Crippen molar-refractivity contribution in [3.63, 3.8) is 0 Å². The van der Waals surface area contributed by atoms with Crippen molar-refractivity contribution < 1.29 is 8.42 Å². The van der Waals surface area contributed by atoms with Gasteiger partial charge in [-0.25, -0.2) is 13.4 Å². The number of sulfonamides is 1. The number of anilines is 2. The lowest BCUT2D eigenvalue weighted by Gasteiger charge is -2.11. The summed E-state index contributed by atoms with van der Waals surface area (Å²) in [6, 6.07) is 8.37. The lowest BCUT2D eigenvalue weighted by atomic mass is 10.3. The Hall–Kier alpha value is -1.12. The van der Waals surface area contributed by atoms with Crippen LogP contribution in [0.5, 0.6) is 0 Å². The van der Waals surface area contributed by atoms with Crippen molar-refractivity contribution in [1.82, 2.24) is 4.98 Å². The number of nitrogens with one attached hydrogen (secondary N) is 2. The molecule has 8 heteroatoms. The van der Waals surface area contributed by atoms with E-state index in [1.807, 2.05) is 0 Å². The summed E-state index contributed by atoms with van der Waals surface area (Å²) < 4.78 is 28.8. The normalized spacial score (nSPS) is 11.2. The van der Waals surface area contributed by atoms with Crippen LogP contribution in [0.25, 0.3) is 0 Å². The van der Waals surface area contributed by atoms with E-state index in [2.05, 4.69) is 46.9 Å². The molecule has 0 amide bonds. The van der Waals surface area contributed by atoms with Crippen LogP contribution in [0, 0.1) is 0 Å². The third-order valence-corrected chi connectivity index (χ3v) is 4.80. The van der Waals surface area contributed by atoms with Crippen molar-refractivity contribution in [2.75, 3.05) is 17.1 Å². The van der Waals surface area contributed by atoms with Gasteiger partial charge in [0.05, 0.1) is 0 Å². The van der Waals surface area contributed by atoms with Gasteiger partial charge in [0, 0.05) is 27.9 Å². The molecule has 1 aromatic carbocycles. The number of halogens is 2. The minimum absolute atomic E-state index is 0.0808. The number of hydrogen-bond donors (Lipinski definition) is 2. The maximum atomic E-state index is 12.4. The average molecular weight is 421 g/mol. The van der Waals surface area contributed by atoms with Gasteiger partial charge in [0.2, 0.25) is 0 Å². The number of rotatable bonds is 4. The molecule has 2 aromatic rings. The van der Waals surface area contributed by atoms with E-state index in [-0.39, 0.29) is 10.7 Å². The summed E-state index contributed by atoms with van der Waals surface area (Å²) in [7, 11) is -2.09. The summed E-state index contributed by atoms with van der Waals surface area (Å²) in [5.41, 5.74) is 0.482. The largest absolute Gasteiger partial charge is 0.372 e. The van der Waals surface area contributed by atoms with E-state index in [0.717, 1.165) is 4.47 Å². The van der Waals surface area contributed by atoms with Gasteiger partial charge in [-0.05, 0) is 46.3 Å². The molecular weight excluding hydrogens is 410 g/mol. The standard InChI is InChI=1S/C12H11Br2N3O2S/c1-15-12-11(6-9(14)7-16-12)20(18,19)17-10-4-2-8(13)3-5-10/h2-7,17H,1H3,(H,15,16). The summed E-state index contributed by atoms with van der Waals surface area (Å²) >= 11 is 6.52. The summed E-state index contributed by atoms with van der Waals surface area (Å²) in [6.07, 6.45) is 1.53. The van der Waals surface area contributed by atoms with E-state index in [1.54, 1.807) is 31.3 Å². The van der Waals surface area contributed by atoms with Crippen LogP contribution in [0.15, 0.2) is 50.4 Å². The van der Waals surface area contributed by atoms with Gasteiger partial charge in [-0.1, -0.05) is 15.9 Å². The molecule has 0 aliphatic carbocycles. The molecule has 2 N–H and O–H groups in total. The van der Waals surface area contributed by atoms with Gasteiger partial charge in [0.25, 0.3) is 10.0 Å². The van der Waals surface area contributed by atoms with Crippen LogP contribution in [-0.4, -0.2) is 20.4 Å². The highest BCUT2D eigenvalue weighted by molar-refractivity contribution is 9.10. The molecule has 0 saturated carbocycles. The number of pyridine rings is 1. The fourth-order valence-electron chi connectivity index (χ4n) is 1.54. The maximum Gasteiger partial charge on any atom is 0.265 e. The molecule has 2 rings (SSSR count). The highest BCUT2D eigenvalue weighted by Gasteiger charge is 2.20. The summed E-state index contributed by atoms with van der Waals surface area (Å²) in [5.74, 6) is 0.290. The maximum absolute atomic E-state index is 12.4. The Bertz CT molecular complexity index is 718. The number of benzene rings is 1. The van der Waals surface area contributed by atoms with E-state index in [1.165, 1.54) is 12.3 Å². The second-order valence-corrected chi connectivity index (χ2v) is 7.34. The summed E-state index contributed by atoms with van der Waals surface area (Å²) in [4.78, 5) is 4.11. The molecule has 0 unspecified atom stereocenters. The smallest absolute Gasteiger partial charge is 0.265 e. The van der Waals surface area contributed by atoms with E-state index in [9.17, 15) is 8.42 Å². The van der Waals surface area contributed by atoms with E-state index >= 15 is 0 Å². The molecule has 0 radical (unpaired) electrons. The van der Waals surface area contributed by atoms with Crippen molar-refractivity contribution >= 4 is 53.4 Å². The minimum atomic E-state index is -3.71. The Morgan fingerprint density at radius 1 is 1.10 bits per heavy atom. The topological polar surface area (TPSA) is 71.1 Å². The SMILES string of the molecule is CNc1ncc(Br)cc1S(=O)(=O)Nc1ccc(Br)cc1. The zero-order valence-corrected chi connectivity index (χ0v) is 14.4.